The minimum absolute atomic E-state index is 0.0847. The van der Waals surface area contributed by atoms with Crippen LogP contribution in [0.5, 0.6) is 5.88 Å². The third-order valence-corrected chi connectivity index (χ3v) is 7.55. The van der Waals surface area contributed by atoms with Crippen LogP contribution in [0.4, 0.5) is 0 Å². The third-order valence-electron chi connectivity index (χ3n) is 7.55. The van der Waals surface area contributed by atoms with E-state index in [4.69, 9.17) is 19.5 Å². The zero-order valence-corrected chi connectivity index (χ0v) is 21.7. The normalized spacial score (nSPS) is 26.9. The van der Waals surface area contributed by atoms with Crippen LogP contribution in [0.25, 0.3) is 5.69 Å². The number of pyridine rings is 1. The Morgan fingerprint density at radius 3 is 2.66 bits per heavy atom. The first-order valence-electron chi connectivity index (χ1n) is 12.6. The molecule has 5 rings (SSSR count). The summed E-state index contributed by atoms with van der Waals surface area (Å²) in [5.41, 5.74) is 5.24. The van der Waals surface area contributed by atoms with Crippen molar-refractivity contribution in [3.63, 3.8) is 0 Å². The number of imidazole rings is 1. The molecular weight excluding hydrogens is 438 g/mol. The maximum Gasteiger partial charge on any atom is 0.238 e. The molecule has 0 aromatic carbocycles. The van der Waals surface area contributed by atoms with Crippen molar-refractivity contribution in [3.8, 4) is 11.6 Å². The van der Waals surface area contributed by atoms with E-state index in [2.05, 4.69) is 54.9 Å². The number of nitrogens with zero attached hydrogens (tertiary/aromatic N) is 5. The molecule has 4 unspecified atom stereocenters. The van der Waals surface area contributed by atoms with Gasteiger partial charge < -0.3 is 14.0 Å². The van der Waals surface area contributed by atoms with Gasteiger partial charge in [0.25, 0.3) is 0 Å². The number of hydrogen-bond acceptors (Lipinski definition) is 6. The number of aliphatic imine (C=N–C) groups is 1. The second kappa shape index (κ2) is 9.36. The topological polar surface area (TPSA) is 64.8 Å². The number of rotatable bonds is 5. The molecular formula is C28H37N5O2. The van der Waals surface area contributed by atoms with E-state index < -0.39 is 0 Å². The molecule has 0 spiro atoms. The Morgan fingerprint density at radius 2 is 1.97 bits per heavy atom. The number of piperidine rings is 1. The molecule has 4 heterocycles. The highest BCUT2D eigenvalue weighted by Gasteiger charge is 2.43. The number of aromatic nitrogens is 3. The van der Waals surface area contributed by atoms with Crippen LogP contribution in [0.1, 0.15) is 45.0 Å². The molecule has 186 valence electrons. The van der Waals surface area contributed by atoms with Gasteiger partial charge in [0.15, 0.2) is 0 Å². The first-order valence-corrected chi connectivity index (χ1v) is 12.6. The van der Waals surface area contributed by atoms with Gasteiger partial charge in [-0.25, -0.2) is 9.97 Å². The summed E-state index contributed by atoms with van der Waals surface area (Å²) in [7, 11) is 3.48. The maximum atomic E-state index is 5.93. The van der Waals surface area contributed by atoms with Crippen LogP contribution < -0.4 is 4.74 Å². The zero-order chi connectivity index (χ0) is 24.7. The maximum absolute atomic E-state index is 5.93. The number of allylic oxidation sites excluding steroid dienone is 2. The molecule has 2 aromatic rings. The van der Waals surface area contributed by atoms with E-state index in [0.29, 0.717) is 17.7 Å². The summed E-state index contributed by atoms with van der Waals surface area (Å²) in [6.45, 7) is 10.7. The van der Waals surface area contributed by atoms with Crippen molar-refractivity contribution in [2.45, 2.75) is 52.8 Å². The summed E-state index contributed by atoms with van der Waals surface area (Å²) >= 11 is 0. The van der Waals surface area contributed by atoms with E-state index >= 15 is 0 Å². The van der Waals surface area contributed by atoms with Crippen molar-refractivity contribution >= 4 is 5.71 Å². The molecule has 35 heavy (non-hydrogen) atoms. The minimum Gasteiger partial charge on any atom is -0.479 e. The average Bonchev–Trinajstić information content (AvgIpc) is 3.48. The largest absolute Gasteiger partial charge is 0.479 e. The fraction of sp³-hybridized carbons (Fsp3) is 0.536. The summed E-state index contributed by atoms with van der Waals surface area (Å²) in [6.07, 6.45) is 13.3. The Hall–Kier alpha value is -2.77. The van der Waals surface area contributed by atoms with E-state index in [-0.39, 0.29) is 17.7 Å². The van der Waals surface area contributed by atoms with Crippen molar-refractivity contribution in [2.75, 3.05) is 27.3 Å². The molecule has 0 saturated carbocycles. The number of methoxy groups -OCH3 is 2. The molecule has 1 fully saturated rings. The standard InChI is InChI=1S/C28H37N5O2/c1-18-15-33(17-29-18)24-11-10-22(31-27(24)35-6)23-16-32-13-7-8-20(26(32)30-23)21-14-19(28(2,3)4)9-12-25(21)34-5/h9-12,14-15,17,20-21,25-26H,7-8,13,16H2,1-6H3. The molecule has 1 aliphatic carbocycles. The van der Waals surface area contributed by atoms with Crippen LogP contribution in [0, 0.1) is 24.2 Å². The fourth-order valence-corrected chi connectivity index (χ4v) is 5.64. The van der Waals surface area contributed by atoms with Gasteiger partial charge in [-0.3, -0.25) is 9.89 Å². The third kappa shape index (κ3) is 4.59. The van der Waals surface area contributed by atoms with Gasteiger partial charge in [0, 0.05) is 38.2 Å². The van der Waals surface area contributed by atoms with Gasteiger partial charge in [-0.1, -0.05) is 39.0 Å². The molecule has 2 aromatic heterocycles. The molecule has 2 aliphatic heterocycles. The predicted molar refractivity (Wildman–Crippen MR) is 138 cm³/mol. The molecule has 7 nitrogen and oxygen atoms in total. The summed E-state index contributed by atoms with van der Waals surface area (Å²) in [4.78, 5) is 17.0. The summed E-state index contributed by atoms with van der Waals surface area (Å²) in [5.74, 6) is 1.30. The van der Waals surface area contributed by atoms with E-state index in [9.17, 15) is 0 Å². The highest BCUT2D eigenvalue weighted by molar-refractivity contribution is 6.02. The smallest absolute Gasteiger partial charge is 0.238 e. The van der Waals surface area contributed by atoms with Gasteiger partial charge >= 0.3 is 0 Å². The van der Waals surface area contributed by atoms with Crippen LogP contribution in [0.15, 0.2) is 53.5 Å². The van der Waals surface area contributed by atoms with E-state index in [0.717, 1.165) is 42.3 Å². The van der Waals surface area contributed by atoms with E-state index in [1.165, 1.54) is 12.0 Å². The minimum atomic E-state index is 0.0847. The average molecular weight is 476 g/mol. The van der Waals surface area contributed by atoms with E-state index in [1.807, 2.05) is 30.9 Å². The van der Waals surface area contributed by atoms with Crippen LogP contribution in [-0.4, -0.2) is 64.7 Å². The Labute approximate surface area is 208 Å². The van der Waals surface area contributed by atoms with Crippen LogP contribution in [0.2, 0.25) is 0 Å². The fourth-order valence-electron chi connectivity index (χ4n) is 5.64. The summed E-state index contributed by atoms with van der Waals surface area (Å²) in [6, 6.07) is 4.10. The highest BCUT2D eigenvalue weighted by atomic mass is 16.5. The van der Waals surface area contributed by atoms with Crippen molar-refractivity contribution in [2.24, 2.45) is 22.2 Å². The van der Waals surface area contributed by atoms with Crippen LogP contribution in [-0.2, 0) is 4.74 Å². The first-order chi connectivity index (χ1) is 16.8. The van der Waals surface area contributed by atoms with Gasteiger partial charge in [0.1, 0.15) is 11.9 Å². The number of ether oxygens (including phenoxy) is 2. The first kappa shape index (κ1) is 23.9. The lowest BCUT2D eigenvalue weighted by atomic mass is 9.73. The number of aryl methyl sites for hydroxylation is 1. The van der Waals surface area contributed by atoms with Crippen molar-refractivity contribution in [1.29, 1.82) is 0 Å². The summed E-state index contributed by atoms with van der Waals surface area (Å²) in [5, 5.41) is 0. The van der Waals surface area contributed by atoms with Gasteiger partial charge in [0.2, 0.25) is 5.88 Å². The second-order valence-corrected chi connectivity index (χ2v) is 10.9. The van der Waals surface area contributed by atoms with Crippen molar-refractivity contribution in [1.82, 2.24) is 19.4 Å². The van der Waals surface area contributed by atoms with Crippen LogP contribution >= 0.6 is 0 Å². The highest BCUT2D eigenvalue weighted by Crippen LogP contribution is 2.41. The Bertz CT molecular complexity index is 1170. The lowest BCUT2D eigenvalue weighted by molar-refractivity contribution is 0.0305. The van der Waals surface area contributed by atoms with Gasteiger partial charge in [-0.2, -0.15) is 0 Å². The summed E-state index contributed by atoms with van der Waals surface area (Å²) < 4.78 is 13.5. The monoisotopic (exact) mass is 475 g/mol. The number of fused-ring (bicyclic) bond motifs is 1. The van der Waals surface area contributed by atoms with Gasteiger partial charge in [-0.15, -0.1) is 0 Å². The SMILES string of the molecule is COc1nc(C2=NC3C(C4C=C(C(C)(C)C)C=CC4OC)CCCN3C2)ccc1-n1cnc(C)c1. The zero-order valence-electron chi connectivity index (χ0n) is 21.7. The van der Waals surface area contributed by atoms with Crippen molar-refractivity contribution < 1.29 is 9.47 Å². The predicted octanol–water partition coefficient (Wildman–Crippen LogP) is 4.60. The molecule has 4 atom stereocenters. The lowest BCUT2D eigenvalue weighted by Gasteiger charge is -2.42. The van der Waals surface area contributed by atoms with E-state index in [1.54, 1.807) is 13.4 Å². The molecule has 3 aliphatic rings. The Balaban J connectivity index is 1.45. The molecule has 0 amide bonds. The Morgan fingerprint density at radius 1 is 1.14 bits per heavy atom. The molecule has 7 heteroatoms. The molecule has 1 saturated heterocycles. The van der Waals surface area contributed by atoms with Gasteiger partial charge in [0.05, 0.1) is 36.6 Å². The van der Waals surface area contributed by atoms with Gasteiger partial charge in [-0.05, 0) is 42.9 Å². The lowest BCUT2D eigenvalue weighted by Crippen LogP contribution is -2.46. The Kier molecular flexibility index (Phi) is 6.40. The molecule has 0 N–H and O–H groups in total. The second-order valence-electron chi connectivity index (χ2n) is 10.9. The quantitative estimate of drug-likeness (QED) is 0.632. The molecule has 0 radical (unpaired) electrons. The van der Waals surface area contributed by atoms with Crippen LogP contribution in [0.3, 0.4) is 0 Å². The molecule has 0 bridgehead atoms. The van der Waals surface area contributed by atoms with Crippen molar-refractivity contribution in [3.05, 3.63) is 59.8 Å². The number of hydrogen-bond donors (Lipinski definition) is 0.